The van der Waals surface area contributed by atoms with Crippen molar-refractivity contribution in [3.63, 3.8) is 0 Å². The number of aromatic nitrogens is 2. The van der Waals surface area contributed by atoms with Crippen LogP contribution in [0.25, 0.3) is 12.2 Å². The average Bonchev–Trinajstić information content (AvgIpc) is 2.87. The van der Waals surface area contributed by atoms with Gasteiger partial charge >= 0.3 is 0 Å². The van der Waals surface area contributed by atoms with Crippen molar-refractivity contribution in [3.05, 3.63) is 84.3 Å². The van der Waals surface area contributed by atoms with E-state index in [1.165, 1.54) is 22.0 Å². The lowest BCUT2D eigenvalue weighted by Gasteiger charge is -2.33. The van der Waals surface area contributed by atoms with Crippen LogP contribution in [0.15, 0.2) is 78.1 Å². The zero-order valence-electron chi connectivity index (χ0n) is 20.1. The third kappa shape index (κ3) is 6.48. The highest BCUT2D eigenvalue weighted by atomic mass is 32.2. The molecule has 1 saturated heterocycles. The Kier molecular flexibility index (Phi) is 8.36. The first kappa shape index (κ1) is 24.0. The molecule has 0 atom stereocenters. The molecule has 1 aliphatic heterocycles. The average molecular weight is 475 g/mol. The Labute approximate surface area is 207 Å². The number of anilines is 1. The highest BCUT2D eigenvalue weighted by molar-refractivity contribution is 7.99. The standard InChI is InChI=1S/C28H33N4OS/c1-30-18-5-3-7-25(30)12-9-23-10-13-26(14-11-23)32-20-15-24(16-21-32)28(33)29-17-22-34-27-8-4-6-19-31(27)2/h3-14,18-19,24H,15-17,20-22H2,1-2H3/q+1/p+1. The SMILES string of the molecule is C[n+]1ccccc1/C=C/c1ccc(N2CCC(C(=O)NCCSc3cccc[n+]3C)CC2)cc1. The second-order valence-electron chi connectivity index (χ2n) is 8.71. The van der Waals surface area contributed by atoms with Crippen LogP contribution in [0.4, 0.5) is 5.69 Å². The Balaban J connectivity index is 1.20. The lowest BCUT2D eigenvalue weighted by molar-refractivity contribution is -0.708. The van der Waals surface area contributed by atoms with Gasteiger partial charge in [0.2, 0.25) is 16.6 Å². The minimum absolute atomic E-state index is 0.114. The zero-order valence-corrected chi connectivity index (χ0v) is 20.9. The van der Waals surface area contributed by atoms with Gasteiger partial charge in [-0.1, -0.05) is 23.9 Å². The Hall–Kier alpha value is -3.12. The molecular formula is C28H34N4OS+2. The number of nitrogens with one attached hydrogen (secondary N) is 1. The van der Waals surface area contributed by atoms with Crippen LogP contribution < -0.4 is 19.4 Å². The van der Waals surface area contributed by atoms with Crippen molar-refractivity contribution >= 4 is 35.5 Å². The van der Waals surface area contributed by atoms with E-state index in [-0.39, 0.29) is 11.8 Å². The number of carbonyl (C=O) groups excluding carboxylic acids is 1. The third-order valence-electron chi connectivity index (χ3n) is 6.32. The van der Waals surface area contributed by atoms with Gasteiger partial charge in [-0.15, -0.1) is 0 Å². The Morgan fingerprint density at radius 1 is 0.971 bits per heavy atom. The van der Waals surface area contributed by atoms with E-state index in [9.17, 15) is 4.79 Å². The molecule has 1 aliphatic rings. The minimum Gasteiger partial charge on any atom is -0.371 e. The summed E-state index contributed by atoms with van der Waals surface area (Å²) in [4.78, 5) is 15.0. The molecular weight excluding hydrogens is 440 g/mol. The lowest BCUT2D eigenvalue weighted by atomic mass is 9.95. The van der Waals surface area contributed by atoms with Crippen LogP contribution in [-0.2, 0) is 18.9 Å². The molecule has 3 aromatic rings. The minimum atomic E-state index is 0.114. The first-order valence-electron chi connectivity index (χ1n) is 11.9. The molecule has 6 heteroatoms. The van der Waals surface area contributed by atoms with Crippen molar-refractivity contribution in [2.45, 2.75) is 17.9 Å². The van der Waals surface area contributed by atoms with Crippen LogP contribution in [0, 0.1) is 5.92 Å². The van der Waals surface area contributed by atoms with E-state index in [1.807, 2.05) is 31.4 Å². The maximum Gasteiger partial charge on any atom is 0.239 e. The fraction of sp³-hybridized carbons (Fsp3) is 0.321. The van der Waals surface area contributed by atoms with Gasteiger partial charge in [0, 0.05) is 67.3 Å². The van der Waals surface area contributed by atoms with Gasteiger partial charge < -0.3 is 10.2 Å². The Morgan fingerprint density at radius 2 is 1.68 bits per heavy atom. The third-order valence-corrected chi connectivity index (χ3v) is 7.45. The Morgan fingerprint density at radius 3 is 2.38 bits per heavy atom. The van der Waals surface area contributed by atoms with Crippen molar-refractivity contribution in [2.75, 3.05) is 30.3 Å². The number of benzene rings is 1. The van der Waals surface area contributed by atoms with Gasteiger partial charge in [0.05, 0.1) is 0 Å². The molecule has 4 rings (SSSR count). The summed E-state index contributed by atoms with van der Waals surface area (Å²) in [5.41, 5.74) is 3.58. The maximum absolute atomic E-state index is 12.6. The molecule has 0 aliphatic carbocycles. The van der Waals surface area contributed by atoms with Gasteiger partial charge in [0.15, 0.2) is 12.4 Å². The van der Waals surface area contributed by atoms with E-state index in [1.54, 1.807) is 11.8 Å². The molecule has 2 aromatic heterocycles. The summed E-state index contributed by atoms with van der Waals surface area (Å²) in [5.74, 6) is 1.20. The molecule has 5 nitrogen and oxygen atoms in total. The van der Waals surface area contributed by atoms with Gasteiger partial charge in [-0.05, 0) is 48.7 Å². The lowest BCUT2D eigenvalue weighted by Crippen LogP contribution is -2.41. The second-order valence-corrected chi connectivity index (χ2v) is 9.83. The molecule has 0 unspecified atom stereocenters. The first-order valence-corrected chi connectivity index (χ1v) is 12.9. The summed E-state index contributed by atoms with van der Waals surface area (Å²) in [6.45, 7) is 2.54. The van der Waals surface area contributed by atoms with Crippen LogP contribution >= 0.6 is 11.8 Å². The monoisotopic (exact) mass is 474 g/mol. The molecule has 34 heavy (non-hydrogen) atoms. The smallest absolute Gasteiger partial charge is 0.239 e. The summed E-state index contributed by atoms with van der Waals surface area (Å²) in [6, 6.07) is 21.1. The number of rotatable bonds is 8. The van der Waals surface area contributed by atoms with E-state index < -0.39 is 0 Å². The van der Waals surface area contributed by atoms with E-state index in [0.29, 0.717) is 6.54 Å². The number of pyridine rings is 2. The summed E-state index contributed by atoms with van der Waals surface area (Å²) in [7, 11) is 4.10. The summed E-state index contributed by atoms with van der Waals surface area (Å²) < 4.78 is 4.21. The van der Waals surface area contributed by atoms with Crippen molar-refractivity contribution in [1.82, 2.24) is 5.32 Å². The molecule has 3 heterocycles. The second kappa shape index (κ2) is 11.8. The summed E-state index contributed by atoms with van der Waals surface area (Å²) >= 11 is 1.77. The number of nitrogens with zero attached hydrogens (tertiary/aromatic N) is 3. The Bertz CT molecular complexity index is 1120. The first-order chi connectivity index (χ1) is 16.6. The molecule has 1 aromatic carbocycles. The highest BCUT2D eigenvalue weighted by Crippen LogP contribution is 2.24. The van der Waals surface area contributed by atoms with E-state index in [2.05, 4.69) is 87.2 Å². The quantitative estimate of drug-likeness (QED) is 0.308. The van der Waals surface area contributed by atoms with Crippen molar-refractivity contribution in [3.8, 4) is 0 Å². The normalized spacial score (nSPS) is 14.5. The van der Waals surface area contributed by atoms with Gasteiger partial charge in [-0.2, -0.15) is 4.57 Å². The molecule has 0 saturated carbocycles. The number of amides is 1. The number of carbonyl (C=O) groups is 1. The van der Waals surface area contributed by atoms with Crippen LogP contribution in [0.5, 0.6) is 0 Å². The fourth-order valence-electron chi connectivity index (χ4n) is 4.22. The number of thioether (sulfide) groups is 1. The van der Waals surface area contributed by atoms with Crippen molar-refractivity contribution in [1.29, 1.82) is 0 Å². The van der Waals surface area contributed by atoms with E-state index >= 15 is 0 Å². The molecule has 0 radical (unpaired) electrons. The highest BCUT2D eigenvalue weighted by Gasteiger charge is 2.25. The van der Waals surface area contributed by atoms with Crippen LogP contribution in [-0.4, -0.2) is 31.3 Å². The zero-order chi connectivity index (χ0) is 23.8. The molecule has 0 spiro atoms. The summed E-state index contributed by atoms with van der Waals surface area (Å²) in [6.07, 6.45) is 10.2. The van der Waals surface area contributed by atoms with Gasteiger partial charge in [0.25, 0.3) is 0 Å². The van der Waals surface area contributed by atoms with Gasteiger partial charge in [-0.3, -0.25) is 4.79 Å². The van der Waals surface area contributed by atoms with Crippen LogP contribution in [0.1, 0.15) is 24.1 Å². The number of piperidine rings is 1. The van der Waals surface area contributed by atoms with Crippen molar-refractivity contribution in [2.24, 2.45) is 20.0 Å². The summed E-state index contributed by atoms with van der Waals surface area (Å²) in [5, 5.41) is 4.35. The predicted molar refractivity (Wildman–Crippen MR) is 139 cm³/mol. The van der Waals surface area contributed by atoms with E-state index in [0.717, 1.165) is 31.7 Å². The molecule has 1 amide bonds. The largest absolute Gasteiger partial charge is 0.371 e. The van der Waals surface area contributed by atoms with Crippen LogP contribution in [0.3, 0.4) is 0 Å². The predicted octanol–water partition coefficient (Wildman–Crippen LogP) is 3.63. The van der Waals surface area contributed by atoms with E-state index in [4.69, 9.17) is 0 Å². The molecule has 176 valence electrons. The fourth-order valence-corrected chi connectivity index (χ4v) is 5.07. The van der Waals surface area contributed by atoms with Crippen LogP contribution in [0.2, 0.25) is 0 Å². The molecule has 0 bridgehead atoms. The maximum atomic E-state index is 12.6. The topological polar surface area (TPSA) is 40.1 Å². The number of hydrogen-bond donors (Lipinski definition) is 1. The number of aryl methyl sites for hydroxylation is 2. The van der Waals surface area contributed by atoms with Gasteiger partial charge in [0.1, 0.15) is 14.1 Å². The number of hydrogen-bond acceptors (Lipinski definition) is 3. The van der Waals surface area contributed by atoms with Crippen molar-refractivity contribution < 1.29 is 13.9 Å². The van der Waals surface area contributed by atoms with Gasteiger partial charge in [-0.25, -0.2) is 4.57 Å². The molecule has 1 fully saturated rings. The molecule has 1 N–H and O–H groups in total.